The molecule has 4 nitrogen and oxygen atoms in total. The van der Waals surface area contributed by atoms with E-state index in [0.717, 1.165) is 5.56 Å². The van der Waals surface area contributed by atoms with Crippen LogP contribution in [0.3, 0.4) is 0 Å². The molecule has 3 N–H and O–H groups in total. The molecule has 0 bridgehead atoms. The van der Waals surface area contributed by atoms with Gasteiger partial charge in [-0.15, -0.1) is 12.4 Å². The van der Waals surface area contributed by atoms with Crippen molar-refractivity contribution in [2.24, 2.45) is 5.73 Å². The van der Waals surface area contributed by atoms with Gasteiger partial charge in [0.05, 0.1) is 5.75 Å². The second-order valence-electron chi connectivity index (χ2n) is 3.08. The van der Waals surface area contributed by atoms with Crippen molar-refractivity contribution in [3.05, 3.63) is 29.8 Å². The summed E-state index contributed by atoms with van der Waals surface area (Å²) in [5.74, 6) is -0.0547. The van der Waals surface area contributed by atoms with Gasteiger partial charge in [-0.25, -0.2) is 8.42 Å². The molecule has 1 aromatic carbocycles. The van der Waals surface area contributed by atoms with Gasteiger partial charge in [0.1, 0.15) is 0 Å². The normalized spacial score (nSPS) is 10.5. The van der Waals surface area contributed by atoms with E-state index < -0.39 is 10.0 Å². The lowest BCUT2D eigenvalue weighted by Gasteiger charge is -2.06. The summed E-state index contributed by atoms with van der Waals surface area (Å²) in [6.07, 6.45) is 0. The molecule has 0 unspecified atom stereocenters. The smallest absolute Gasteiger partial charge is 0.233 e. The SMILES string of the molecule is Cc1ccc(NS(=O)(=O)CCN)cc1.Cl. The minimum Gasteiger partial charge on any atom is -0.329 e. The summed E-state index contributed by atoms with van der Waals surface area (Å²) in [5, 5.41) is 0. The fraction of sp³-hybridized carbons (Fsp3) is 0.333. The third-order valence-corrected chi connectivity index (χ3v) is 3.03. The van der Waals surface area contributed by atoms with Gasteiger partial charge in [-0.1, -0.05) is 17.7 Å². The highest BCUT2D eigenvalue weighted by molar-refractivity contribution is 7.92. The highest BCUT2D eigenvalue weighted by atomic mass is 35.5. The summed E-state index contributed by atoms with van der Waals surface area (Å²) in [7, 11) is -3.27. The van der Waals surface area contributed by atoms with E-state index in [1.807, 2.05) is 19.1 Å². The van der Waals surface area contributed by atoms with Crippen LogP contribution in [0.2, 0.25) is 0 Å². The number of hydrogen-bond donors (Lipinski definition) is 2. The standard InChI is InChI=1S/C9H14N2O2S.ClH/c1-8-2-4-9(5-3-8)11-14(12,13)7-6-10;/h2-5,11H,6-7,10H2,1H3;1H. The van der Waals surface area contributed by atoms with Crippen molar-refractivity contribution in [1.29, 1.82) is 0 Å². The Kier molecular flexibility index (Phi) is 5.64. The van der Waals surface area contributed by atoms with Crippen LogP contribution >= 0.6 is 12.4 Å². The third kappa shape index (κ3) is 5.01. The van der Waals surface area contributed by atoms with Crippen LogP contribution < -0.4 is 10.5 Å². The van der Waals surface area contributed by atoms with E-state index in [1.54, 1.807) is 12.1 Å². The highest BCUT2D eigenvalue weighted by Gasteiger charge is 2.07. The number of rotatable bonds is 4. The quantitative estimate of drug-likeness (QED) is 0.841. The Balaban J connectivity index is 0.00000196. The lowest BCUT2D eigenvalue weighted by Crippen LogP contribution is -2.22. The zero-order valence-corrected chi connectivity index (χ0v) is 10.1. The summed E-state index contributed by atoms with van der Waals surface area (Å²) >= 11 is 0. The third-order valence-electron chi connectivity index (χ3n) is 1.71. The average Bonchev–Trinajstić information content (AvgIpc) is 2.08. The number of aryl methyl sites for hydroxylation is 1. The molecule has 6 heteroatoms. The van der Waals surface area contributed by atoms with Crippen molar-refractivity contribution >= 4 is 28.1 Å². The molecule has 0 saturated heterocycles. The van der Waals surface area contributed by atoms with E-state index in [2.05, 4.69) is 4.72 Å². The van der Waals surface area contributed by atoms with Gasteiger partial charge < -0.3 is 5.73 Å². The molecule has 0 aliphatic rings. The second kappa shape index (κ2) is 5.95. The Bertz CT molecular complexity index is 389. The van der Waals surface area contributed by atoms with Crippen molar-refractivity contribution in [1.82, 2.24) is 0 Å². The largest absolute Gasteiger partial charge is 0.329 e. The summed E-state index contributed by atoms with van der Waals surface area (Å²) in [6.45, 7) is 2.07. The van der Waals surface area contributed by atoms with Gasteiger partial charge in [0, 0.05) is 12.2 Å². The molecule has 0 amide bonds. The number of nitrogens with one attached hydrogen (secondary N) is 1. The molecule has 15 heavy (non-hydrogen) atoms. The van der Waals surface area contributed by atoms with Crippen LogP contribution in [-0.2, 0) is 10.0 Å². The molecule has 0 atom stereocenters. The lowest BCUT2D eigenvalue weighted by atomic mass is 10.2. The number of benzene rings is 1. The van der Waals surface area contributed by atoms with Crippen molar-refractivity contribution in [2.45, 2.75) is 6.92 Å². The Morgan fingerprint density at radius 2 is 1.80 bits per heavy atom. The summed E-state index contributed by atoms with van der Waals surface area (Å²) in [4.78, 5) is 0. The molecule has 0 spiro atoms. The minimum atomic E-state index is -3.27. The average molecular weight is 251 g/mol. The van der Waals surface area contributed by atoms with Crippen LogP contribution in [0.4, 0.5) is 5.69 Å². The molecule has 0 aliphatic heterocycles. The van der Waals surface area contributed by atoms with Crippen molar-refractivity contribution in [3.8, 4) is 0 Å². The number of hydrogen-bond acceptors (Lipinski definition) is 3. The maximum absolute atomic E-state index is 11.3. The van der Waals surface area contributed by atoms with Crippen LogP contribution in [0.15, 0.2) is 24.3 Å². The second-order valence-corrected chi connectivity index (χ2v) is 4.92. The van der Waals surface area contributed by atoms with Crippen molar-refractivity contribution in [2.75, 3.05) is 17.0 Å². The van der Waals surface area contributed by atoms with Crippen LogP contribution in [0.5, 0.6) is 0 Å². The molecule has 86 valence electrons. The van der Waals surface area contributed by atoms with Crippen molar-refractivity contribution < 1.29 is 8.42 Å². The molecule has 0 fully saturated rings. The van der Waals surface area contributed by atoms with Crippen LogP contribution in [-0.4, -0.2) is 20.7 Å². The first-order valence-corrected chi connectivity index (χ1v) is 5.96. The topological polar surface area (TPSA) is 72.2 Å². The number of nitrogens with two attached hydrogens (primary N) is 1. The predicted molar refractivity (Wildman–Crippen MR) is 64.9 cm³/mol. The van der Waals surface area contributed by atoms with Gasteiger partial charge in [0.15, 0.2) is 0 Å². The Morgan fingerprint density at radius 1 is 1.27 bits per heavy atom. The Hall–Kier alpha value is -0.780. The molecular weight excluding hydrogens is 236 g/mol. The first-order chi connectivity index (χ1) is 6.53. The number of sulfonamides is 1. The van der Waals surface area contributed by atoms with Gasteiger partial charge >= 0.3 is 0 Å². The fourth-order valence-electron chi connectivity index (χ4n) is 1.01. The maximum atomic E-state index is 11.3. The maximum Gasteiger partial charge on any atom is 0.233 e. The van der Waals surface area contributed by atoms with E-state index >= 15 is 0 Å². The molecule has 0 aliphatic carbocycles. The molecule has 1 rings (SSSR count). The van der Waals surface area contributed by atoms with E-state index in [0.29, 0.717) is 5.69 Å². The van der Waals surface area contributed by atoms with Gasteiger partial charge in [-0.3, -0.25) is 4.72 Å². The Morgan fingerprint density at radius 3 is 2.27 bits per heavy atom. The van der Waals surface area contributed by atoms with Gasteiger partial charge in [-0.2, -0.15) is 0 Å². The molecule has 0 aromatic heterocycles. The summed E-state index contributed by atoms with van der Waals surface area (Å²) < 4.78 is 25.0. The first-order valence-electron chi connectivity index (χ1n) is 4.31. The lowest BCUT2D eigenvalue weighted by molar-refractivity contribution is 0.601. The van der Waals surface area contributed by atoms with Gasteiger partial charge in [-0.05, 0) is 19.1 Å². The van der Waals surface area contributed by atoms with E-state index in [9.17, 15) is 8.42 Å². The summed E-state index contributed by atoms with van der Waals surface area (Å²) in [6, 6.07) is 7.15. The molecule has 0 heterocycles. The predicted octanol–water partition coefficient (Wildman–Crippen LogP) is 1.12. The van der Waals surface area contributed by atoms with Crippen LogP contribution in [0.25, 0.3) is 0 Å². The molecule has 0 radical (unpaired) electrons. The van der Waals surface area contributed by atoms with E-state index in [-0.39, 0.29) is 24.7 Å². The molecular formula is C9H15ClN2O2S. The fourth-order valence-corrected chi connectivity index (χ4v) is 1.91. The van der Waals surface area contributed by atoms with Gasteiger partial charge in [0.25, 0.3) is 0 Å². The van der Waals surface area contributed by atoms with E-state index in [1.165, 1.54) is 0 Å². The monoisotopic (exact) mass is 250 g/mol. The first kappa shape index (κ1) is 14.2. The van der Waals surface area contributed by atoms with Gasteiger partial charge in [0.2, 0.25) is 10.0 Å². The summed E-state index contributed by atoms with van der Waals surface area (Å²) in [5.41, 5.74) is 6.84. The zero-order valence-electron chi connectivity index (χ0n) is 8.43. The van der Waals surface area contributed by atoms with Crippen LogP contribution in [0.1, 0.15) is 5.56 Å². The van der Waals surface area contributed by atoms with E-state index in [4.69, 9.17) is 5.73 Å². The highest BCUT2D eigenvalue weighted by Crippen LogP contribution is 2.10. The Labute approximate surface area is 96.3 Å². The van der Waals surface area contributed by atoms with Crippen molar-refractivity contribution in [3.63, 3.8) is 0 Å². The zero-order chi connectivity index (χ0) is 10.6. The molecule has 0 saturated carbocycles. The minimum absolute atomic E-state index is 0. The number of halogens is 1. The molecule has 1 aromatic rings. The van der Waals surface area contributed by atoms with Crippen LogP contribution in [0, 0.1) is 6.92 Å². The number of anilines is 1.